The van der Waals surface area contributed by atoms with Gasteiger partial charge in [0.25, 0.3) is 5.91 Å². The van der Waals surface area contributed by atoms with Crippen LogP contribution in [0.3, 0.4) is 0 Å². The smallest absolute Gasteiger partial charge is 0.344 e. The van der Waals surface area contributed by atoms with Gasteiger partial charge in [0.05, 0.1) is 0 Å². The van der Waals surface area contributed by atoms with Crippen molar-refractivity contribution in [2.75, 3.05) is 13.2 Å². The normalized spacial score (nSPS) is 11.5. The van der Waals surface area contributed by atoms with Crippen LogP contribution < -0.4 is 10.1 Å². The minimum absolute atomic E-state index is 0.274. The van der Waals surface area contributed by atoms with Gasteiger partial charge in [0.2, 0.25) is 0 Å². The maximum Gasteiger partial charge on any atom is 0.344 e. The molecule has 0 spiro atoms. The van der Waals surface area contributed by atoms with Crippen LogP contribution in [-0.4, -0.2) is 31.1 Å². The number of hydrogen-bond acceptors (Lipinski definition) is 4. The second-order valence-corrected chi connectivity index (χ2v) is 6.29. The van der Waals surface area contributed by atoms with Crippen molar-refractivity contribution in [2.45, 2.75) is 26.4 Å². The molecule has 26 heavy (non-hydrogen) atoms. The van der Waals surface area contributed by atoms with E-state index in [-0.39, 0.29) is 12.5 Å². The quantitative estimate of drug-likeness (QED) is 0.719. The van der Waals surface area contributed by atoms with Crippen LogP contribution in [0.4, 0.5) is 0 Å². The first-order valence-electron chi connectivity index (χ1n) is 8.36. The molecule has 0 aliphatic heterocycles. The van der Waals surface area contributed by atoms with E-state index in [0.717, 1.165) is 11.1 Å². The molecule has 2 rings (SSSR count). The number of carbonyl (C=O) groups excluding carboxylic acids is 2. The van der Waals surface area contributed by atoms with E-state index in [2.05, 4.69) is 5.32 Å². The number of rotatable bonds is 8. The molecule has 0 heterocycles. The first-order chi connectivity index (χ1) is 12.5. The molecule has 5 nitrogen and oxygen atoms in total. The third-order valence-corrected chi connectivity index (χ3v) is 3.95. The summed E-state index contributed by atoms with van der Waals surface area (Å²) in [5.41, 5.74) is 1.95. The minimum atomic E-state index is -0.881. The molecule has 2 aromatic rings. The lowest BCUT2D eigenvalue weighted by Crippen LogP contribution is -2.37. The molecule has 6 heteroatoms. The van der Waals surface area contributed by atoms with E-state index in [0.29, 0.717) is 23.7 Å². The molecular weight excluding hydrogens is 354 g/mol. The third kappa shape index (κ3) is 6.41. The summed E-state index contributed by atoms with van der Waals surface area (Å²) in [5.74, 6) is -0.395. The van der Waals surface area contributed by atoms with Crippen LogP contribution >= 0.6 is 11.6 Å². The summed E-state index contributed by atoms with van der Waals surface area (Å²) in [5, 5.41) is 3.35. The number of carbonyl (C=O) groups is 2. The number of amides is 1. The molecule has 0 radical (unpaired) electrons. The highest BCUT2D eigenvalue weighted by Gasteiger charge is 2.18. The number of halogens is 1. The molecule has 0 bridgehead atoms. The van der Waals surface area contributed by atoms with E-state index in [1.807, 2.05) is 37.3 Å². The lowest BCUT2D eigenvalue weighted by molar-refractivity contribution is -0.156. The lowest BCUT2D eigenvalue weighted by Gasteiger charge is -2.14. The third-order valence-electron chi connectivity index (χ3n) is 3.72. The van der Waals surface area contributed by atoms with Crippen molar-refractivity contribution in [2.24, 2.45) is 0 Å². The van der Waals surface area contributed by atoms with Gasteiger partial charge in [-0.05, 0) is 49.6 Å². The van der Waals surface area contributed by atoms with E-state index in [4.69, 9.17) is 21.1 Å². The van der Waals surface area contributed by atoms with Crippen LogP contribution in [0.1, 0.15) is 18.1 Å². The van der Waals surface area contributed by atoms with Gasteiger partial charge in [-0.15, -0.1) is 0 Å². The summed E-state index contributed by atoms with van der Waals surface area (Å²) in [6.07, 6.45) is -0.167. The zero-order valence-electron chi connectivity index (χ0n) is 14.8. The average molecular weight is 376 g/mol. The first kappa shape index (κ1) is 19.8. The minimum Gasteiger partial charge on any atom is -0.482 e. The van der Waals surface area contributed by atoms with Gasteiger partial charge in [-0.3, -0.25) is 4.79 Å². The molecule has 0 aromatic heterocycles. The summed E-state index contributed by atoms with van der Waals surface area (Å²) in [4.78, 5) is 23.8. The zero-order valence-corrected chi connectivity index (χ0v) is 15.6. The van der Waals surface area contributed by atoms with Crippen LogP contribution in [0.25, 0.3) is 0 Å². The molecule has 0 saturated heterocycles. The Morgan fingerprint density at radius 3 is 2.58 bits per heavy atom. The second-order valence-electron chi connectivity index (χ2n) is 5.86. The van der Waals surface area contributed by atoms with Crippen LogP contribution in [0.2, 0.25) is 5.02 Å². The molecule has 1 atom stereocenters. The van der Waals surface area contributed by atoms with Crippen LogP contribution in [0.15, 0.2) is 48.5 Å². The highest BCUT2D eigenvalue weighted by molar-refractivity contribution is 6.30. The fourth-order valence-electron chi connectivity index (χ4n) is 2.31. The fraction of sp³-hybridized carbons (Fsp3) is 0.300. The predicted octanol–water partition coefficient (Wildman–Crippen LogP) is 3.32. The van der Waals surface area contributed by atoms with Crippen molar-refractivity contribution >= 4 is 23.5 Å². The first-order valence-corrected chi connectivity index (χ1v) is 8.73. The Hall–Kier alpha value is -2.53. The molecule has 138 valence electrons. The van der Waals surface area contributed by atoms with Crippen LogP contribution in [-0.2, 0) is 20.7 Å². The van der Waals surface area contributed by atoms with E-state index < -0.39 is 12.1 Å². The zero-order chi connectivity index (χ0) is 18.9. The molecular formula is C20H22ClNO4. The van der Waals surface area contributed by atoms with Crippen molar-refractivity contribution in [1.29, 1.82) is 0 Å². The summed E-state index contributed by atoms with van der Waals surface area (Å²) < 4.78 is 10.5. The Balaban J connectivity index is 1.71. The number of aryl methyl sites for hydroxylation is 1. The fourth-order valence-corrected chi connectivity index (χ4v) is 2.54. The molecule has 2 aromatic carbocycles. The summed E-state index contributed by atoms with van der Waals surface area (Å²) in [6.45, 7) is 3.56. The van der Waals surface area contributed by atoms with E-state index in [1.165, 1.54) is 6.92 Å². The van der Waals surface area contributed by atoms with Gasteiger partial charge in [0.1, 0.15) is 5.75 Å². The van der Waals surface area contributed by atoms with Crippen molar-refractivity contribution in [3.05, 3.63) is 64.7 Å². The molecule has 0 aliphatic carbocycles. The van der Waals surface area contributed by atoms with E-state index in [1.54, 1.807) is 18.2 Å². The highest BCUT2D eigenvalue weighted by atomic mass is 35.5. The van der Waals surface area contributed by atoms with E-state index in [9.17, 15) is 9.59 Å². The van der Waals surface area contributed by atoms with Crippen molar-refractivity contribution in [1.82, 2.24) is 5.32 Å². The second kappa shape index (κ2) is 9.82. The molecule has 0 aliphatic rings. The van der Waals surface area contributed by atoms with Crippen molar-refractivity contribution < 1.29 is 19.1 Å². The number of ether oxygens (including phenoxy) is 2. The van der Waals surface area contributed by atoms with E-state index >= 15 is 0 Å². The molecule has 1 N–H and O–H groups in total. The van der Waals surface area contributed by atoms with Crippen molar-refractivity contribution in [3.63, 3.8) is 0 Å². The van der Waals surface area contributed by atoms with Crippen LogP contribution in [0, 0.1) is 6.92 Å². The molecule has 0 fully saturated rings. The summed E-state index contributed by atoms with van der Waals surface area (Å²) in [6, 6.07) is 14.9. The average Bonchev–Trinajstić information content (AvgIpc) is 2.61. The van der Waals surface area contributed by atoms with Gasteiger partial charge >= 0.3 is 5.97 Å². The number of nitrogens with one attached hydrogen (secondary N) is 1. The highest BCUT2D eigenvalue weighted by Crippen LogP contribution is 2.21. The Morgan fingerprint density at radius 1 is 1.15 bits per heavy atom. The number of hydrogen-bond donors (Lipinski definition) is 1. The Bertz CT molecular complexity index is 749. The Kier molecular flexibility index (Phi) is 7.48. The Labute approximate surface area is 158 Å². The van der Waals surface area contributed by atoms with Gasteiger partial charge in [-0.2, -0.15) is 0 Å². The number of esters is 1. The number of benzene rings is 2. The van der Waals surface area contributed by atoms with Gasteiger partial charge in [0, 0.05) is 11.6 Å². The summed E-state index contributed by atoms with van der Waals surface area (Å²) in [7, 11) is 0. The maximum atomic E-state index is 12.0. The predicted molar refractivity (Wildman–Crippen MR) is 100 cm³/mol. The topological polar surface area (TPSA) is 64.6 Å². The monoisotopic (exact) mass is 375 g/mol. The molecule has 0 saturated carbocycles. The summed E-state index contributed by atoms with van der Waals surface area (Å²) >= 11 is 5.87. The molecule has 1 unspecified atom stereocenters. The van der Waals surface area contributed by atoms with Crippen molar-refractivity contribution in [3.8, 4) is 5.75 Å². The van der Waals surface area contributed by atoms with Gasteiger partial charge in [0.15, 0.2) is 12.7 Å². The van der Waals surface area contributed by atoms with Gasteiger partial charge < -0.3 is 14.8 Å². The van der Waals surface area contributed by atoms with Gasteiger partial charge in [-0.25, -0.2) is 4.79 Å². The Morgan fingerprint density at radius 2 is 1.88 bits per heavy atom. The largest absolute Gasteiger partial charge is 0.482 e. The van der Waals surface area contributed by atoms with Gasteiger partial charge in [-0.1, -0.05) is 41.9 Å². The molecule has 1 amide bonds. The van der Waals surface area contributed by atoms with Crippen LogP contribution in [0.5, 0.6) is 5.75 Å². The maximum absolute atomic E-state index is 12.0. The standard InChI is InChI=1S/C20H22ClNO4/c1-14-12-17(21)8-9-18(14)25-13-19(23)26-15(2)20(24)22-11-10-16-6-4-3-5-7-16/h3-9,12,15H,10-11,13H2,1-2H3,(H,22,24). The lowest BCUT2D eigenvalue weighted by atomic mass is 10.1. The SMILES string of the molecule is Cc1cc(Cl)ccc1OCC(=O)OC(C)C(=O)NCCc1ccccc1.